The van der Waals surface area contributed by atoms with Gasteiger partial charge in [-0.3, -0.25) is 0 Å². The van der Waals surface area contributed by atoms with Gasteiger partial charge in [0.15, 0.2) is 0 Å². The van der Waals surface area contributed by atoms with Gasteiger partial charge in [0.05, 0.1) is 0 Å². The van der Waals surface area contributed by atoms with Crippen molar-refractivity contribution in [2.24, 2.45) is 47.3 Å². The minimum atomic E-state index is -0.361. The van der Waals surface area contributed by atoms with Crippen molar-refractivity contribution in [2.45, 2.75) is 163 Å². The van der Waals surface area contributed by atoms with Gasteiger partial charge in [-0.25, -0.2) is 0 Å². The van der Waals surface area contributed by atoms with Crippen LogP contribution in [0, 0.1) is 92.7 Å². The van der Waals surface area contributed by atoms with E-state index in [4.69, 9.17) is 69.6 Å². The van der Waals surface area contributed by atoms with Crippen LogP contribution in [-0.2, 0) is 0 Å². The summed E-state index contributed by atoms with van der Waals surface area (Å²) in [4.78, 5) is -0.580. The van der Waals surface area contributed by atoms with Crippen LogP contribution in [0.2, 0.25) is 0 Å². The number of halogens is 6. The average molecular weight is 832 g/mol. The van der Waals surface area contributed by atoms with Crippen LogP contribution in [0.15, 0.2) is 22.3 Å². The molecule has 0 bridgehead atoms. The summed E-state index contributed by atoms with van der Waals surface area (Å²) in [6, 6.07) is 8.91. The average Bonchev–Trinajstić information content (AvgIpc) is 3.07. The molecule has 0 radical (unpaired) electrons. The summed E-state index contributed by atoms with van der Waals surface area (Å²) in [5.74, 6) is 0.317. The van der Waals surface area contributed by atoms with Crippen LogP contribution < -0.4 is 0 Å². The number of alkyl halides is 6. The number of nitrogens with zero attached hydrogens (tertiary/aromatic N) is 4. The Labute approximate surface area is 345 Å². The fraction of sp³-hybridized carbons (Fsp3) is 0.810. The predicted molar refractivity (Wildman–Crippen MR) is 219 cm³/mol. The van der Waals surface area contributed by atoms with Gasteiger partial charge >= 0.3 is 0 Å². The zero-order chi connectivity index (χ0) is 39.0. The summed E-state index contributed by atoms with van der Waals surface area (Å²) in [5, 5.41) is 40.8. The van der Waals surface area contributed by atoms with Gasteiger partial charge in [-0.1, -0.05) is 33.6 Å². The van der Waals surface area contributed by atoms with E-state index >= 15 is 0 Å². The third-order valence-electron chi connectivity index (χ3n) is 12.5. The molecule has 0 aromatic heterocycles. The van der Waals surface area contributed by atoms with Gasteiger partial charge in [0.25, 0.3) is 0 Å². The normalized spacial score (nSPS) is 30.3. The minimum Gasteiger partial charge on any atom is -0.192 e. The Morgan fingerprint density at radius 2 is 1.10 bits per heavy atom. The molecule has 3 aliphatic rings. The lowest BCUT2D eigenvalue weighted by molar-refractivity contribution is 0.120. The molecular weight excluding hydrogens is 773 g/mol. The lowest BCUT2D eigenvalue weighted by atomic mass is 9.51. The molecule has 0 amide bonds. The van der Waals surface area contributed by atoms with Gasteiger partial charge in [-0.15, -0.1) is 69.6 Å². The molecule has 3 saturated carbocycles. The zero-order valence-corrected chi connectivity index (χ0v) is 36.4. The molecule has 0 saturated heterocycles. The van der Waals surface area contributed by atoms with Crippen LogP contribution in [0.1, 0.15) is 131 Å². The molecule has 52 heavy (non-hydrogen) atoms. The summed E-state index contributed by atoms with van der Waals surface area (Å²) in [6.45, 7) is 12.6. The maximum atomic E-state index is 10.3. The molecule has 0 N–H and O–H groups in total. The number of nitriles is 4. The molecule has 4 nitrogen and oxygen atoms in total. The highest BCUT2D eigenvalue weighted by atomic mass is 35.5. The Morgan fingerprint density at radius 3 is 1.54 bits per heavy atom. The first kappa shape index (κ1) is 45.6. The second-order valence-electron chi connectivity index (χ2n) is 17.3. The van der Waals surface area contributed by atoms with Crippen LogP contribution in [-0.4, -0.2) is 31.3 Å². The van der Waals surface area contributed by atoms with E-state index in [-0.39, 0.29) is 77.9 Å². The highest BCUT2D eigenvalue weighted by molar-refractivity contribution is 6.24. The number of hydrogen-bond donors (Lipinski definition) is 0. The van der Waals surface area contributed by atoms with Crippen molar-refractivity contribution < 1.29 is 0 Å². The van der Waals surface area contributed by atoms with Crippen molar-refractivity contribution in [2.75, 3.05) is 0 Å². The quantitative estimate of drug-likeness (QED) is 0.114. The van der Waals surface area contributed by atoms with E-state index in [0.717, 1.165) is 75.4 Å². The lowest BCUT2D eigenvalue weighted by Gasteiger charge is -2.54. The number of hydrogen-bond acceptors (Lipinski definition) is 4. The fourth-order valence-electron chi connectivity index (χ4n) is 9.36. The van der Waals surface area contributed by atoms with E-state index in [1.165, 1.54) is 0 Å². The van der Waals surface area contributed by atoms with Gasteiger partial charge in [0.2, 0.25) is 0 Å². The third-order valence-corrected chi connectivity index (χ3v) is 15.5. The summed E-state index contributed by atoms with van der Waals surface area (Å²) < 4.78 is 0. The van der Waals surface area contributed by atoms with E-state index in [9.17, 15) is 21.0 Å². The van der Waals surface area contributed by atoms with Crippen molar-refractivity contribution in [3.63, 3.8) is 0 Å². The largest absolute Gasteiger partial charge is 0.192 e. The number of rotatable bonds is 16. The fourth-order valence-corrected chi connectivity index (χ4v) is 10.9. The van der Waals surface area contributed by atoms with Gasteiger partial charge in [-0.2, -0.15) is 21.0 Å². The maximum Gasteiger partial charge on any atom is 0.129 e. The Balaban J connectivity index is 1.85. The number of fused-ring (bicyclic) bond motifs is 2. The summed E-state index contributed by atoms with van der Waals surface area (Å²) in [6.07, 6.45) is 11.4. The zero-order valence-electron chi connectivity index (χ0n) is 31.9. The van der Waals surface area contributed by atoms with Crippen molar-refractivity contribution in [1.82, 2.24) is 0 Å². The van der Waals surface area contributed by atoms with E-state index in [0.29, 0.717) is 37.5 Å². The van der Waals surface area contributed by atoms with Crippen molar-refractivity contribution >= 4 is 69.6 Å². The SMILES string of the molecule is CC(C)C(Cl)CCC(C)(Cl)CCCC1CC2C(=C(C#N)C#N)C3CC(Cl)C(CCC(Cl)C(C)CCCC(C)(C)Cl)CC3C(=C(C#N)C#N)C2CC1Cl. The molecule has 12 atom stereocenters. The van der Waals surface area contributed by atoms with Crippen molar-refractivity contribution in [1.29, 1.82) is 21.0 Å². The molecule has 288 valence electrons. The molecular formula is C42H58Cl6N4. The molecule has 0 aliphatic heterocycles. The maximum absolute atomic E-state index is 10.3. The van der Waals surface area contributed by atoms with Gasteiger partial charge in [-0.05, 0) is 156 Å². The van der Waals surface area contributed by atoms with Crippen molar-refractivity contribution in [3.8, 4) is 24.3 Å². The highest BCUT2D eigenvalue weighted by Crippen LogP contribution is 2.60. The lowest BCUT2D eigenvalue weighted by Crippen LogP contribution is -2.47. The predicted octanol–water partition coefficient (Wildman–Crippen LogP) is 13.6. The molecule has 3 rings (SSSR count). The molecule has 10 heteroatoms. The van der Waals surface area contributed by atoms with E-state index in [1.807, 2.05) is 13.8 Å². The molecule has 3 aliphatic carbocycles. The summed E-state index contributed by atoms with van der Waals surface area (Å²) in [5.41, 5.74) is 2.03. The monoisotopic (exact) mass is 828 g/mol. The third kappa shape index (κ3) is 12.3. The Hall–Kier alpha value is -0.820. The van der Waals surface area contributed by atoms with E-state index < -0.39 is 0 Å². The molecule has 0 aromatic carbocycles. The first-order valence-electron chi connectivity index (χ1n) is 19.4. The van der Waals surface area contributed by atoms with Crippen LogP contribution >= 0.6 is 69.6 Å². The van der Waals surface area contributed by atoms with E-state index in [2.05, 4.69) is 52.0 Å². The molecule has 12 unspecified atom stereocenters. The Morgan fingerprint density at radius 1 is 0.635 bits per heavy atom. The van der Waals surface area contributed by atoms with Gasteiger partial charge in [0.1, 0.15) is 35.4 Å². The highest BCUT2D eigenvalue weighted by Gasteiger charge is 2.53. The van der Waals surface area contributed by atoms with Crippen LogP contribution in [0.5, 0.6) is 0 Å². The second-order valence-corrected chi connectivity index (χ2v) is 21.5. The summed E-state index contributed by atoms with van der Waals surface area (Å²) >= 11 is 41.3. The topological polar surface area (TPSA) is 95.2 Å². The van der Waals surface area contributed by atoms with Gasteiger partial charge < -0.3 is 0 Å². The van der Waals surface area contributed by atoms with Crippen molar-refractivity contribution in [3.05, 3.63) is 22.3 Å². The second kappa shape index (κ2) is 20.4. The Bertz CT molecular complexity index is 1400. The molecule has 0 heterocycles. The van der Waals surface area contributed by atoms with Gasteiger partial charge in [0, 0.05) is 31.3 Å². The van der Waals surface area contributed by atoms with Crippen LogP contribution in [0.25, 0.3) is 0 Å². The standard InChI is InChI=1S/C42H58Cl6N4/c1-25(2)35(43)13-16-42(6,48)15-8-10-27-17-31-33(19-37(27)45)40(30(23-51)24-52)32-18-28(38(46)20-34(32)39(31)29(21-49)22-50)11-12-36(44)26(3)9-7-14-41(4,5)47/h25-28,31-38H,7-20H2,1-6H3. The summed E-state index contributed by atoms with van der Waals surface area (Å²) in [7, 11) is 0. The van der Waals surface area contributed by atoms with E-state index in [1.54, 1.807) is 0 Å². The first-order valence-corrected chi connectivity index (χ1v) is 21.9. The van der Waals surface area contributed by atoms with Crippen LogP contribution in [0.4, 0.5) is 0 Å². The van der Waals surface area contributed by atoms with Crippen LogP contribution in [0.3, 0.4) is 0 Å². The number of allylic oxidation sites excluding steroid dienone is 4. The first-order chi connectivity index (χ1) is 24.4. The smallest absolute Gasteiger partial charge is 0.129 e. The molecule has 0 spiro atoms. The minimum absolute atomic E-state index is 0.0000274. The Kier molecular flexibility index (Phi) is 17.9. The molecule has 0 aromatic rings. The molecule has 3 fully saturated rings.